The molecule has 0 bridgehead atoms. The van der Waals surface area contributed by atoms with Crippen LogP contribution in [0.15, 0.2) is 0 Å². The minimum absolute atomic E-state index is 0.0269. The number of carboxylic acids is 1. The van der Waals surface area contributed by atoms with Crippen LogP contribution in [-0.4, -0.2) is 76.6 Å². The number of unbranched alkanes of at least 4 members (excludes halogenated alkanes) is 9. The molecule has 0 aliphatic carbocycles. The Balaban J connectivity index is 2.38. The van der Waals surface area contributed by atoms with E-state index >= 15 is 0 Å². The first-order valence-electron chi connectivity index (χ1n) is 13.3. The summed E-state index contributed by atoms with van der Waals surface area (Å²) in [5, 5.41) is 24.5. The number of hydrogen-bond donors (Lipinski definition) is 5. The largest absolute Gasteiger partial charge is 0.480 e. The van der Waals surface area contributed by atoms with Gasteiger partial charge in [-0.3, -0.25) is 14.4 Å². The summed E-state index contributed by atoms with van der Waals surface area (Å²) in [5.74, 6) is -2.46. The van der Waals surface area contributed by atoms with Crippen LogP contribution in [0.1, 0.15) is 96.8 Å². The predicted molar refractivity (Wildman–Crippen MR) is 133 cm³/mol. The van der Waals surface area contributed by atoms with Crippen LogP contribution >= 0.6 is 0 Å². The third-order valence-electron chi connectivity index (χ3n) is 6.41. The number of hydrogen-bond acceptors (Lipinski definition) is 6. The van der Waals surface area contributed by atoms with Gasteiger partial charge in [0.1, 0.15) is 12.1 Å². The van der Waals surface area contributed by atoms with Gasteiger partial charge in [-0.1, -0.05) is 58.3 Å². The normalized spacial score (nSPS) is 18.3. The third kappa shape index (κ3) is 12.9. The average molecular weight is 499 g/mol. The SMILES string of the molecule is CCCCCCCCCCCC(=O)NCC(=O)N1CC(O)CC1C(=O)N[C@H](CCCCN)C(=O)O. The Bertz CT molecular complexity index is 660. The molecule has 0 spiro atoms. The van der Waals surface area contributed by atoms with Gasteiger partial charge in [-0.25, -0.2) is 4.79 Å². The Morgan fingerprint density at radius 1 is 0.971 bits per heavy atom. The number of β-amino-alcohol motifs (C(OH)–C–C–N with tert-alkyl or cyclic N) is 1. The van der Waals surface area contributed by atoms with Gasteiger partial charge in [-0.2, -0.15) is 0 Å². The first kappa shape index (κ1) is 30.8. The second-order valence-corrected chi connectivity index (χ2v) is 9.49. The van der Waals surface area contributed by atoms with Crippen LogP contribution in [0.4, 0.5) is 0 Å². The highest BCUT2D eigenvalue weighted by atomic mass is 16.4. The van der Waals surface area contributed by atoms with Crippen LogP contribution in [0.5, 0.6) is 0 Å². The molecule has 1 fully saturated rings. The number of nitrogens with two attached hydrogens (primary N) is 1. The van der Waals surface area contributed by atoms with Crippen LogP contribution in [0.25, 0.3) is 0 Å². The monoisotopic (exact) mass is 498 g/mol. The molecular weight excluding hydrogens is 452 g/mol. The van der Waals surface area contributed by atoms with E-state index in [2.05, 4.69) is 17.6 Å². The van der Waals surface area contributed by atoms with Crippen LogP contribution in [0, 0.1) is 0 Å². The number of aliphatic carboxylic acids is 1. The Morgan fingerprint density at radius 3 is 2.20 bits per heavy atom. The summed E-state index contributed by atoms with van der Waals surface area (Å²) in [6.45, 7) is 2.34. The Labute approximate surface area is 209 Å². The van der Waals surface area contributed by atoms with Crippen molar-refractivity contribution in [3.05, 3.63) is 0 Å². The third-order valence-corrected chi connectivity index (χ3v) is 6.41. The molecule has 0 aromatic carbocycles. The average Bonchev–Trinajstić information content (AvgIpc) is 3.22. The van der Waals surface area contributed by atoms with Crippen molar-refractivity contribution in [3.8, 4) is 0 Å². The molecule has 3 amide bonds. The number of amides is 3. The first-order valence-corrected chi connectivity index (χ1v) is 13.3. The van der Waals surface area contributed by atoms with Crippen LogP contribution in [0.3, 0.4) is 0 Å². The molecule has 35 heavy (non-hydrogen) atoms. The Morgan fingerprint density at radius 2 is 1.60 bits per heavy atom. The van der Waals surface area contributed by atoms with Gasteiger partial charge in [0, 0.05) is 19.4 Å². The summed E-state index contributed by atoms with van der Waals surface area (Å²) in [7, 11) is 0. The number of nitrogens with zero attached hydrogens (tertiary/aromatic N) is 1. The lowest BCUT2D eigenvalue weighted by Gasteiger charge is -2.25. The van der Waals surface area contributed by atoms with Crippen molar-refractivity contribution in [1.29, 1.82) is 0 Å². The summed E-state index contributed by atoms with van der Waals surface area (Å²) < 4.78 is 0. The number of carbonyl (C=O) groups excluding carboxylic acids is 3. The van der Waals surface area contributed by atoms with Crippen LogP contribution in [-0.2, 0) is 19.2 Å². The molecule has 1 aliphatic heterocycles. The smallest absolute Gasteiger partial charge is 0.326 e. The van der Waals surface area contributed by atoms with Crippen molar-refractivity contribution in [2.24, 2.45) is 5.73 Å². The molecule has 2 unspecified atom stereocenters. The van der Waals surface area contributed by atoms with Gasteiger partial charge in [0.2, 0.25) is 17.7 Å². The predicted octanol–water partition coefficient (Wildman–Crippen LogP) is 1.68. The highest BCUT2D eigenvalue weighted by molar-refractivity contribution is 5.92. The molecule has 3 atom stereocenters. The summed E-state index contributed by atoms with van der Waals surface area (Å²) in [6.07, 6.45) is 11.3. The van der Waals surface area contributed by atoms with E-state index in [4.69, 9.17) is 5.73 Å². The zero-order valence-corrected chi connectivity index (χ0v) is 21.3. The van der Waals surface area contributed by atoms with Crippen molar-refractivity contribution >= 4 is 23.7 Å². The van der Waals surface area contributed by atoms with E-state index in [1.807, 2.05) is 0 Å². The lowest BCUT2D eigenvalue weighted by molar-refractivity contribution is -0.144. The van der Waals surface area contributed by atoms with E-state index in [1.165, 1.54) is 43.4 Å². The molecule has 202 valence electrons. The molecular formula is C25H46N4O6. The maximum absolute atomic E-state index is 12.7. The van der Waals surface area contributed by atoms with Crippen molar-refractivity contribution in [1.82, 2.24) is 15.5 Å². The topological polar surface area (TPSA) is 162 Å². The molecule has 0 aromatic rings. The molecule has 0 aromatic heterocycles. The van der Waals surface area contributed by atoms with E-state index in [1.54, 1.807) is 0 Å². The lowest BCUT2D eigenvalue weighted by Crippen LogP contribution is -2.52. The second kappa shape index (κ2) is 18.1. The molecule has 1 aliphatic rings. The molecule has 0 saturated carbocycles. The molecule has 0 radical (unpaired) electrons. The van der Waals surface area contributed by atoms with Crippen molar-refractivity contribution < 1.29 is 29.4 Å². The number of aliphatic hydroxyl groups is 1. The van der Waals surface area contributed by atoms with Crippen molar-refractivity contribution in [3.63, 3.8) is 0 Å². The highest BCUT2D eigenvalue weighted by Crippen LogP contribution is 2.19. The van der Waals surface area contributed by atoms with E-state index in [0.717, 1.165) is 19.3 Å². The fourth-order valence-corrected chi connectivity index (χ4v) is 4.32. The minimum atomic E-state index is -1.16. The van der Waals surface area contributed by atoms with E-state index < -0.39 is 36.0 Å². The lowest BCUT2D eigenvalue weighted by atomic mass is 10.1. The summed E-state index contributed by atoms with van der Waals surface area (Å²) in [6, 6.07) is -2.05. The van der Waals surface area contributed by atoms with E-state index in [9.17, 15) is 29.4 Å². The molecule has 1 saturated heterocycles. The summed E-state index contributed by atoms with van der Waals surface area (Å²) >= 11 is 0. The Hall–Kier alpha value is -2.20. The molecule has 1 rings (SSSR count). The zero-order valence-electron chi connectivity index (χ0n) is 21.3. The minimum Gasteiger partial charge on any atom is -0.480 e. The van der Waals surface area contributed by atoms with E-state index in [-0.39, 0.29) is 31.8 Å². The highest BCUT2D eigenvalue weighted by Gasteiger charge is 2.39. The van der Waals surface area contributed by atoms with Gasteiger partial charge in [-0.15, -0.1) is 0 Å². The number of aliphatic hydroxyl groups excluding tert-OH is 1. The molecule has 10 nitrogen and oxygen atoms in total. The van der Waals surface area contributed by atoms with Gasteiger partial charge in [0.25, 0.3) is 0 Å². The maximum atomic E-state index is 12.7. The molecule has 6 N–H and O–H groups in total. The van der Waals surface area contributed by atoms with E-state index in [0.29, 0.717) is 25.8 Å². The first-order chi connectivity index (χ1) is 16.8. The fraction of sp³-hybridized carbons (Fsp3) is 0.840. The number of carbonyl (C=O) groups is 4. The van der Waals surface area contributed by atoms with Gasteiger partial charge < -0.3 is 31.5 Å². The number of rotatable bonds is 19. The van der Waals surface area contributed by atoms with Gasteiger partial charge in [0.15, 0.2) is 0 Å². The molecule has 10 heteroatoms. The van der Waals surface area contributed by atoms with Gasteiger partial charge in [0.05, 0.1) is 12.6 Å². The summed E-state index contributed by atoms with van der Waals surface area (Å²) in [5.41, 5.74) is 5.44. The van der Waals surface area contributed by atoms with Crippen molar-refractivity contribution in [2.45, 2.75) is 115 Å². The number of carboxylic acid groups (broad SMARTS) is 1. The zero-order chi connectivity index (χ0) is 26.1. The fourth-order valence-electron chi connectivity index (χ4n) is 4.32. The van der Waals surface area contributed by atoms with Crippen molar-refractivity contribution in [2.75, 3.05) is 19.6 Å². The quantitative estimate of drug-likeness (QED) is 0.169. The standard InChI is InChI=1S/C25H46N4O6/c1-2-3-4-5-6-7-8-9-10-14-22(31)27-17-23(32)29-18-19(30)16-21(29)24(33)28-20(25(34)35)13-11-12-15-26/h19-21,30H,2-18,26H2,1H3,(H,27,31)(H,28,33)(H,34,35)/t19?,20-,21?/m1/s1. The van der Waals surface area contributed by atoms with Crippen LogP contribution in [0.2, 0.25) is 0 Å². The Kier molecular flexibility index (Phi) is 16.0. The van der Waals surface area contributed by atoms with Crippen LogP contribution < -0.4 is 16.4 Å². The maximum Gasteiger partial charge on any atom is 0.326 e. The number of nitrogens with one attached hydrogen (secondary N) is 2. The van der Waals surface area contributed by atoms with Gasteiger partial charge in [-0.05, 0) is 32.2 Å². The summed E-state index contributed by atoms with van der Waals surface area (Å²) in [4.78, 5) is 50.2. The molecule has 1 heterocycles. The van der Waals surface area contributed by atoms with Gasteiger partial charge >= 0.3 is 5.97 Å². The number of likely N-dealkylation sites (tertiary alicyclic amines) is 1. The second-order valence-electron chi connectivity index (χ2n) is 9.49.